The highest BCUT2D eigenvalue weighted by molar-refractivity contribution is 6.36. The first-order valence-electron chi connectivity index (χ1n) is 6.70. The summed E-state index contributed by atoms with van der Waals surface area (Å²) in [6.45, 7) is 10.4. The lowest BCUT2D eigenvalue weighted by atomic mass is 9.82. The van der Waals surface area contributed by atoms with Gasteiger partial charge in [-0.15, -0.1) is 12.4 Å². The van der Waals surface area contributed by atoms with Crippen molar-refractivity contribution in [2.45, 2.75) is 12.1 Å². The lowest BCUT2D eigenvalue weighted by Gasteiger charge is -2.35. The highest BCUT2D eigenvalue weighted by Crippen LogP contribution is 2.23. The fraction of sp³-hybridized carbons (Fsp3) is 0.167. The van der Waals surface area contributed by atoms with Gasteiger partial charge in [-0.25, -0.2) is 0 Å². The summed E-state index contributed by atoms with van der Waals surface area (Å²) in [5.74, 6) is -2.08. The number of likely N-dealkylation sites (N-methyl/N-ethyl adjacent to an activating group) is 1. The molecule has 0 N–H and O–H groups in total. The van der Waals surface area contributed by atoms with Crippen molar-refractivity contribution >= 4 is 29.8 Å². The van der Waals surface area contributed by atoms with E-state index in [1.54, 1.807) is 0 Å². The summed E-state index contributed by atoms with van der Waals surface area (Å²) in [7, 11) is 1.54. The molecule has 0 spiro atoms. The van der Waals surface area contributed by atoms with E-state index in [1.165, 1.54) is 11.9 Å². The molecule has 0 amide bonds. The van der Waals surface area contributed by atoms with Crippen LogP contribution in [-0.2, 0) is 20.9 Å². The number of halogens is 1. The number of carbonyl (C=O) groups excluding carboxylic acids is 3. The zero-order chi connectivity index (χ0) is 16.8. The normalized spacial score (nSPS) is 10.3. The maximum absolute atomic E-state index is 12.4. The van der Waals surface area contributed by atoms with E-state index in [0.717, 1.165) is 23.8 Å². The molecule has 0 bridgehead atoms. The number of nitrogens with zero attached hydrogens (tertiary/aromatic N) is 1. The number of hydrogen-bond acceptors (Lipinski definition) is 4. The Labute approximate surface area is 142 Å². The minimum Gasteiger partial charge on any atom is -0.292 e. The van der Waals surface area contributed by atoms with Gasteiger partial charge in [0, 0.05) is 6.54 Å². The van der Waals surface area contributed by atoms with Crippen molar-refractivity contribution in [2.75, 3.05) is 7.05 Å². The molecule has 0 fully saturated rings. The molecular formula is C18H20ClNO3. The standard InChI is InChI=1S/C18H19NO3.ClH/c1-5-15(20)18(16(21)6-2,17(22)7-3)19(4)13-14-11-9-8-10-12-14;/h5-12H,1-3,13H2,4H3;1H. The molecule has 1 aromatic carbocycles. The predicted molar refractivity (Wildman–Crippen MR) is 93.5 cm³/mol. The molecule has 0 saturated heterocycles. The number of carbonyl (C=O) groups is 3. The molecule has 23 heavy (non-hydrogen) atoms. The Balaban J connectivity index is 0.00000484. The molecule has 0 unspecified atom stereocenters. The van der Waals surface area contributed by atoms with Gasteiger partial charge in [0.05, 0.1) is 0 Å². The van der Waals surface area contributed by atoms with Gasteiger partial charge in [-0.05, 0) is 30.8 Å². The van der Waals surface area contributed by atoms with E-state index >= 15 is 0 Å². The molecule has 0 aromatic heterocycles. The van der Waals surface area contributed by atoms with Gasteiger partial charge in [0.15, 0.2) is 17.3 Å². The van der Waals surface area contributed by atoms with Crippen LogP contribution >= 0.6 is 12.4 Å². The second kappa shape index (κ2) is 8.98. The van der Waals surface area contributed by atoms with E-state index in [1.807, 2.05) is 30.3 Å². The Morgan fingerprint density at radius 2 is 1.35 bits per heavy atom. The van der Waals surface area contributed by atoms with Crippen molar-refractivity contribution in [3.63, 3.8) is 0 Å². The molecule has 0 atom stereocenters. The summed E-state index contributed by atoms with van der Waals surface area (Å²) < 4.78 is 0. The van der Waals surface area contributed by atoms with Crippen molar-refractivity contribution in [3.8, 4) is 0 Å². The average molecular weight is 334 g/mol. The number of hydrogen-bond donors (Lipinski definition) is 0. The van der Waals surface area contributed by atoms with E-state index in [9.17, 15) is 14.4 Å². The predicted octanol–water partition coefficient (Wildman–Crippen LogP) is 2.54. The molecule has 0 saturated carbocycles. The summed E-state index contributed by atoms with van der Waals surface area (Å²) >= 11 is 0. The van der Waals surface area contributed by atoms with Crippen LogP contribution in [0.5, 0.6) is 0 Å². The van der Waals surface area contributed by atoms with Crippen LogP contribution < -0.4 is 0 Å². The topological polar surface area (TPSA) is 54.5 Å². The van der Waals surface area contributed by atoms with E-state index in [4.69, 9.17) is 0 Å². The van der Waals surface area contributed by atoms with Gasteiger partial charge in [-0.1, -0.05) is 50.1 Å². The zero-order valence-corrected chi connectivity index (χ0v) is 13.8. The Kier molecular flexibility index (Phi) is 8.08. The minimum absolute atomic E-state index is 0. The molecular weight excluding hydrogens is 314 g/mol. The largest absolute Gasteiger partial charge is 0.292 e. The molecule has 1 aromatic rings. The minimum atomic E-state index is -2.00. The summed E-state index contributed by atoms with van der Waals surface area (Å²) in [6.07, 6.45) is 2.93. The number of ketones is 3. The van der Waals surface area contributed by atoms with Gasteiger partial charge in [0.2, 0.25) is 5.54 Å². The van der Waals surface area contributed by atoms with Crippen molar-refractivity contribution in [1.29, 1.82) is 0 Å². The smallest absolute Gasteiger partial charge is 0.210 e. The summed E-state index contributed by atoms with van der Waals surface area (Å²) in [4.78, 5) is 38.5. The van der Waals surface area contributed by atoms with Crippen LogP contribution in [0, 0.1) is 0 Å². The zero-order valence-electron chi connectivity index (χ0n) is 13.0. The Hall–Kier alpha value is -2.30. The Morgan fingerprint density at radius 3 is 1.70 bits per heavy atom. The van der Waals surface area contributed by atoms with E-state index in [2.05, 4.69) is 19.7 Å². The summed E-state index contributed by atoms with van der Waals surface area (Å²) in [5, 5.41) is 0. The fourth-order valence-corrected chi connectivity index (χ4v) is 2.35. The molecule has 0 heterocycles. The van der Waals surface area contributed by atoms with Crippen LogP contribution in [0.2, 0.25) is 0 Å². The van der Waals surface area contributed by atoms with Crippen LogP contribution in [0.1, 0.15) is 5.56 Å². The molecule has 0 aliphatic rings. The van der Waals surface area contributed by atoms with Crippen molar-refractivity contribution in [1.82, 2.24) is 4.90 Å². The molecule has 122 valence electrons. The third-order valence-electron chi connectivity index (χ3n) is 3.46. The van der Waals surface area contributed by atoms with Crippen molar-refractivity contribution < 1.29 is 14.4 Å². The van der Waals surface area contributed by atoms with Gasteiger partial charge in [-0.3, -0.25) is 19.3 Å². The van der Waals surface area contributed by atoms with E-state index in [-0.39, 0.29) is 19.0 Å². The van der Waals surface area contributed by atoms with Crippen LogP contribution in [0.4, 0.5) is 0 Å². The molecule has 0 aliphatic heterocycles. The summed E-state index contributed by atoms with van der Waals surface area (Å²) in [6, 6.07) is 9.22. The highest BCUT2D eigenvalue weighted by atomic mass is 35.5. The summed E-state index contributed by atoms with van der Waals surface area (Å²) in [5.41, 5.74) is -1.14. The lowest BCUT2D eigenvalue weighted by Crippen LogP contribution is -2.62. The third-order valence-corrected chi connectivity index (χ3v) is 3.46. The molecule has 0 radical (unpaired) electrons. The first-order chi connectivity index (χ1) is 10.4. The van der Waals surface area contributed by atoms with Crippen LogP contribution in [0.3, 0.4) is 0 Å². The molecule has 5 heteroatoms. The van der Waals surface area contributed by atoms with Crippen molar-refractivity contribution in [3.05, 3.63) is 73.9 Å². The first-order valence-corrected chi connectivity index (χ1v) is 6.70. The highest BCUT2D eigenvalue weighted by Gasteiger charge is 2.51. The quantitative estimate of drug-likeness (QED) is 0.515. The molecule has 4 nitrogen and oxygen atoms in total. The second-order valence-electron chi connectivity index (χ2n) is 4.76. The van der Waals surface area contributed by atoms with Crippen LogP contribution in [0.15, 0.2) is 68.3 Å². The van der Waals surface area contributed by atoms with E-state index < -0.39 is 22.9 Å². The number of benzene rings is 1. The average Bonchev–Trinajstić information content (AvgIpc) is 2.55. The SMILES string of the molecule is C=CC(=O)C(C(=O)C=C)(C(=O)C=C)N(C)Cc1ccccc1.Cl. The van der Waals surface area contributed by atoms with Crippen LogP contribution in [-0.4, -0.2) is 34.8 Å². The Morgan fingerprint density at radius 1 is 0.957 bits per heavy atom. The van der Waals surface area contributed by atoms with Gasteiger partial charge in [0.1, 0.15) is 0 Å². The van der Waals surface area contributed by atoms with Gasteiger partial charge < -0.3 is 0 Å². The maximum atomic E-state index is 12.4. The van der Waals surface area contributed by atoms with Gasteiger partial charge in [-0.2, -0.15) is 0 Å². The number of rotatable bonds is 9. The van der Waals surface area contributed by atoms with Crippen molar-refractivity contribution in [2.24, 2.45) is 0 Å². The Bertz CT molecular complexity index is 572. The molecule has 1 rings (SSSR count). The third kappa shape index (κ3) is 3.92. The van der Waals surface area contributed by atoms with Gasteiger partial charge >= 0.3 is 0 Å². The lowest BCUT2D eigenvalue weighted by molar-refractivity contribution is -0.145. The van der Waals surface area contributed by atoms with Gasteiger partial charge in [0.25, 0.3) is 0 Å². The van der Waals surface area contributed by atoms with E-state index in [0.29, 0.717) is 0 Å². The monoisotopic (exact) mass is 333 g/mol. The maximum Gasteiger partial charge on any atom is 0.210 e. The fourth-order valence-electron chi connectivity index (χ4n) is 2.35. The molecule has 0 aliphatic carbocycles. The first kappa shape index (κ1) is 20.7. The second-order valence-corrected chi connectivity index (χ2v) is 4.76. The van der Waals surface area contributed by atoms with Crippen LogP contribution in [0.25, 0.3) is 0 Å².